The summed E-state index contributed by atoms with van der Waals surface area (Å²) >= 11 is 1.25. The highest BCUT2D eigenvalue weighted by Gasteiger charge is 2.43. The number of nitrogens with one attached hydrogen (secondary N) is 1. The van der Waals surface area contributed by atoms with Crippen molar-refractivity contribution in [3.63, 3.8) is 0 Å². The third kappa shape index (κ3) is 4.53. The maximum absolute atomic E-state index is 12.9. The summed E-state index contributed by atoms with van der Waals surface area (Å²) in [5.74, 6) is -0.537. The molecule has 27 heavy (non-hydrogen) atoms. The fourth-order valence-corrected chi connectivity index (χ4v) is 5.22. The first-order chi connectivity index (χ1) is 12.8. The number of pyridine rings is 1. The van der Waals surface area contributed by atoms with Crippen LogP contribution in [0, 0.1) is 5.92 Å². The Bertz CT molecular complexity index is 888. The van der Waals surface area contributed by atoms with Crippen LogP contribution in [0.1, 0.15) is 26.7 Å². The second-order valence-electron chi connectivity index (χ2n) is 7.08. The van der Waals surface area contributed by atoms with Crippen molar-refractivity contribution in [1.82, 2.24) is 9.97 Å². The van der Waals surface area contributed by atoms with Crippen LogP contribution in [0.4, 0.5) is 5.13 Å². The SMILES string of the molecule is CC(C)(C(=O)Nc1nc(-c2cccnc2)cs1)S(=O)(=O)CC1CCOCC1. The molecule has 9 heteroatoms. The lowest BCUT2D eigenvalue weighted by atomic mass is 10.0. The van der Waals surface area contributed by atoms with Crippen molar-refractivity contribution in [3.05, 3.63) is 29.9 Å². The number of anilines is 1. The molecule has 0 atom stereocenters. The summed E-state index contributed by atoms with van der Waals surface area (Å²) in [5, 5.41) is 4.83. The molecular weight excluding hydrogens is 386 g/mol. The van der Waals surface area contributed by atoms with Crippen LogP contribution in [0.3, 0.4) is 0 Å². The van der Waals surface area contributed by atoms with E-state index in [0.29, 0.717) is 36.9 Å². The second-order valence-corrected chi connectivity index (χ2v) is 10.5. The van der Waals surface area contributed by atoms with E-state index in [2.05, 4.69) is 15.3 Å². The Balaban J connectivity index is 1.69. The quantitative estimate of drug-likeness (QED) is 0.788. The number of amides is 1. The van der Waals surface area contributed by atoms with Crippen LogP contribution in [-0.2, 0) is 19.4 Å². The molecule has 0 aromatic carbocycles. The first-order valence-corrected chi connectivity index (χ1v) is 11.3. The summed E-state index contributed by atoms with van der Waals surface area (Å²) in [7, 11) is -3.62. The van der Waals surface area contributed by atoms with E-state index in [1.54, 1.807) is 23.8 Å². The third-order valence-corrected chi connectivity index (χ3v) is 8.21. The highest BCUT2D eigenvalue weighted by molar-refractivity contribution is 7.93. The van der Waals surface area contributed by atoms with Crippen LogP contribution in [0.5, 0.6) is 0 Å². The van der Waals surface area contributed by atoms with Gasteiger partial charge in [0.1, 0.15) is 4.75 Å². The number of hydrogen-bond donors (Lipinski definition) is 1. The van der Waals surface area contributed by atoms with Crippen LogP contribution >= 0.6 is 11.3 Å². The van der Waals surface area contributed by atoms with Gasteiger partial charge in [-0.15, -0.1) is 11.3 Å². The maximum Gasteiger partial charge on any atom is 0.247 e. The first kappa shape index (κ1) is 19.9. The first-order valence-electron chi connectivity index (χ1n) is 8.77. The van der Waals surface area contributed by atoms with Crippen molar-refractivity contribution in [3.8, 4) is 11.3 Å². The van der Waals surface area contributed by atoms with Crippen molar-refractivity contribution in [2.45, 2.75) is 31.4 Å². The van der Waals surface area contributed by atoms with Crippen molar-refractivity contribution >= 4 is 32.2 Å². The van der Waals surface area contributed by atoms with Crippen LogP contribution in [0.15, 0.2) is 29.9 Å². The average molecular weight is 410 g/mol. The van der Waals surface area contributed by atoms with Crippen LogP contribution in [-0.4, -0.2) is 48.0 Å². The number of rotatable bonds is 6. The standard InChI is InChI=1S/C18H23N3O4S2/c1-18(2,27(23,24)12-13-5-8-25-9-6-13)16(22)21-17-20-15(11-26-17)14-4-3-7-19-10-14/h3-4,7,10-11,13H,5-6,8-9,12H2,1-2H3,(H,20,21,22). The molecule has 3 heterocycles. The van der Waals surface area contributed by atoms with Gasteiger partial charge in [0.15, 0.2) is 15.0 Å². The normalized spacial score (nSPS) is 16.2. The van der Waals surface area contributed by atoms with E-state index in [1.165, 1.54) is 25.2 Å². The highest BCUT2D eigenvalue weighted by Crippen LogP contribution is 2.28. The molecule has 0 unspecified atom stereocenters. The molecule has 146 valence electrons. The summed E-state index contributed by atoms with van der Waals surface area (Å²) in [5.41, 5.74) is 1.52. The topological polar surface area (TPSA) is 98.3 Å². The molecule has 1 amide bonds. The van der Waals surface area contributed by atoms with Gasteiger partial charge in [0.2, 0.25) is 5.91 Å². The zero-order chi connectivity index (χ0) is 19.5. The average Bonchev–Trinajstić information content (AvgIpc) is 3.11. The molecule has 0 aliphatic carbocycles. The number of hydrogen-bond acceptors (Lipinski definition) is 7. The Labute approximate surface area is 163 Å². The maximum atomic E-state index is 12.9. The molecule has 0 saturated carbocycles. The van der Waals surface area contributed by atoms with Gasteiger partial charge in [-0.2, -0.15) is 0 Å². The van der Waals surface area contributed by atoms with Gasteiger partial charge in [0, 0.05) is 36.6 Å². The Morgan fingerprint density at radius 3 is 2.78 bits per heavy atom. The fourth-order valence-electron chi connectivity index (χ4n) is 2.80. The van der Waals surface area contributed by atoms with Gasteiger partial charge in [0.05, 0.1) is 11.4 Å². The number of carbonyl (C=O) groups excluding carboxylic acids is 1. The largest absolute Gasteiger partial charge is 0.381 e. The van der Waals surface area contributed by atoms with Gasteiger partial charge < -0.3 is 10.1 Å². The molecule has 0 radical (unpaired) electrons. The van der Waals surface area contributed by atoms with Crippen molar-refractivity contribution in [2.24, 2.45) is 5.92 Å². The molecule has 1 aliphatic heterocycles. The Morgan fingerprint density at radius 2 is 2.11 bits per heavy atom. The summed E-state index contributed by atoms with van der Waals surface area (Å²) in [6.07, 6.45) is 4.77. The molecule has 1 N–H and O–H groups in total. The molecule has 3 rings (SSSR count). The Morgan fingerprint density at radius 1 is 1.37 bits per heavy atom. The van der Waals surface area contributed by atoms with Gasteiger partial charge in [0.25, 0.3) is 0 Å². The minimum Gasteiger partial charge on any atom is -0.381 e. The van der Waals surface area contributed by atoms with Crippen LogP contribution in [0.2, 0.25) is 0 Å². The predicted octanol–water partition coefficient (Wildman–Crippen LogP) is 2.76. The lowest BCUT2D eigenvalue weighted by Gasteiger charge is -2.28. The van der Waals surface area contributed by atoms with Crippen molar-refractivity contribution in [2.75, 3.05) is 24.3 Å². The number of ether oxygens (including phenoxy) is 1. The smallest absolute Gasteiger partial charge is 0.247 e. The molecule has 1 saturated heterocycles. The molecule has 1 aliphatic rings. The van der Waals surface area contributed by atoms with Gasteiger partial charge >= 0.3 is 0 Å². The van der Waals surface area contributed by atoms with Crippen molar-refractivity contribution in [1.29, 1.82) is 0 Å². The van der Waals surface area contributed by atoms with Gasteiger partial charge in [-0.3, -0.25) is 9.78 Å². The number of nitrogens with zero attached hydrogens (tertiary/aromatic N) is 2. The molecule has 7 nitrogen and oxygen atoms in total. The highest BCUT2D eigenvalue weighted by atomic mass is 32.2. The molecule has 2 aromatic heterocycles. The molecule has 0 bridgehead atoms. The van der Waals surface area contributed by atoms with Gasteiger partial charge in [-0.25, -0.2) is 13.4 Å². The minimum atomic E-state index is -3.62. The third-order valence-electron chi connectivity index (χ3n) is 4.80. The van der Waals surface area contributed by atoms with E-state index in [1.807, 2.05) is 6.07 Å². The second kappa shape index (κ2) is 8.04. The predicted molar refractivity (Wildman–Crippen MR) is 105 cm³/mol. The van der Waals surface area contributed by atoms with E-state index in [9.17, 15) is 13.2 Å². The van der Waals surface area contributed by atoms with E-state index in [-0.39, 0.29) is 11.7 Å². The summed E-state index contributed by atoms with van der Waals surface area (Å²) in [6, 6.07) is 3.68. The zero-order valence-electron chi connectivity index (χ0n) is 15.3. The molecule has 2 aromatic rings. The van der Waals surface area contributed by atoms with Crippen molar-refractivity contribution < 1.29 is 17.9 Å². The van der Waals surface area contributed by atoms with E-state index in [4.69, 9.17) is 4.74 Å². The van der Waals surface area contributed by atoms with E-state index < -0.39 is 20.5 Å². The van der Waals surface area contributed by atoms with E-state index in [0.717, 1.165) is 5.56 Å². The van der Waals surface area contributed by atoms with E-state index >= 15 is 0 Å². The number of aromatic nitrogens is 2. The lowest BCUT2D eigenvalue weighted by Crippen LogP contribution is -2.47. The summed E-state index contributed by atoms with van der Waals surface area (Å²) < 4.78 is 29.4. The van der Waals surface area contributed by atoms with Crippen LogP contribution in [0.25, 0.3) is 11.3 Å². The number of carbonyl (C=O) groups is 1. The Kier molecular flexibility index (Phi) is 5.92. The Hall–Kier alpha value is -1.84. The zero-order valence-corrected chi connectivity index (χ0v) is 17.0. The summed E-state index contributed by atoms with van der Waals surface area (Å²) in [6.45, 7) is 4.05. The summed E-state index contributed by atoms with van der Waals surface area (Å²) in [4.78, 5) is 21.1. The lowest BCUT2D eigenvalue weighted by molar-refractivity contribution is -0.117. The number of thiazole rings is 1. The molecular formula is C18H23N3O4S2. The molecule has 1 fully saturated rings. The monoisotopic (exact) mass is 409 g/mol. The minimum absolute atomic E-state index is 0.00438. The van der Waals surface area contributed by atoms with Gasteiger partial charge in [-0.05, 0) is 44.7 Å². The molecule has 0 spiro atoms. The number of sulfone groups is 1. The fraction of sp³-hybridized carbons (Fsp3) is 0.500. The van der Waals surface area contributed by atoms with Gasteiger partial charge in [-0.1, -0.05) is 0 Å². The van der Waals surface area contributed by atoms with Crippen LogP contribution < -0.4 is 5.32 Å².